The second-order valence-corrected chi connectivity index (χ2v) is 7.53. The summed E-state index contributed by atoms with van der Waals surface area (Å²) in [5, 5.41) is -0.0450. The molecule has 0 radical (unpaired) electrons. The summed E-state index contributed by atoms with van der Waals surface area (Å²) in [7, 11) is 3.19. The van der Waals surface area contributed by atoms with Crippen molar-refractivity contribution in [1.82, 2.24) is 0 Å². The summed E-state index contributed by atoms with van der Waals surface area (Å²) in [6.07, 6.45) is 3.55. The number of thioether (sulfide) groups is 2. The van der Waals surface area contributed by atoms with E-state index in [0.29, 0.717) is 17.2 Å². The first-order chi connectivity index (χ1) is 10.6. The van der Waals surface area contributed by atoms with Crippen LogP contribution >= 0.6 is 46.1 Å². The largest absolute Gasteiger partial charge is 0.493 e. The maximum atomic E-state index is 12.0. The fourth-order valence-corrected chi connectivity index (χ4v) is 4.21. The maximum absolute atomic E-state index is 12.0. The molecule has 2 rings (SSSR count). The van der Waals surface area contributed by atoms with Crippen molar-refractivity contribution in [1.29, 1.82) is 0 Å². The smallest absolute Gasteiger partial charge is 0.244 e. The highest BCUT2D eigenvalue weighted by atomic mass is 127. The van der Waals surface area contributed by atoms with E-state index in [1.807, 2.05) is 12.1 Å². The van der Waals surface area contributed by atoms with Gasteiger partial charge in [0.2, 0.25) is 5.12 Å². The van der Waals surface area contributed by atoms with Crippen molar-refractivity contribution in [3.8, 4) is 11.5 Å². The average Bonchev–Trinajstić information content (AvgIpc) is 2.84. The van der Waals surface area contributed by atoms with Crippen molar-refractivity contribution >= 4 is 61.7 Å². The van der Waals surface area contributed by atoms with Crippen LogP contribution in [0.2, 0.25) is 0 Å². The summed E-state index contributed by atoms with van der Waals surface area (Å²) in [5.74, 6) is 2.05. The van der Waals surface area contributed by atoms with Gasteiger partial charge in [-0.3, -0.25) is 4.79 Å². The van der Waals surface area contributed by atoms with Gasteiger partial charge in [-0.1, -0.05) is 17.8 Å². The zero-order chi connectivity index (χ0) is 16.1. The van der Waals surface area contributed by atoms with Gasteiger partial charge in [-0.05, 0) is 58.1 Å². The molecule has 0 aliphatic carbocycles. The average molecular weight is 447 g/mol. The van der Waals surface area contributed by atoms with E-state index in [0.717, 1.165) is 31.0 Å². The highest BCUT2D eigenvalue weighted by Crippen LogP contribution is 2.36. The summed E-state index contributed by atoms with van der Waals surface area (Å²) in [6, 6.07) is 3.76. The van der Waals surface area contributed by atoms with E-state index in [2.05, 4.69) is 34.2 Å². The van der Waals surface area contributed by atoms with Crippen LogP contribution in [0.15, 0.2) is 35.5 Å². The monoisotopic (exact) mass is 447 g/mol. The molecule has 1 aromatic rings. The number of halogens is 1. The Labute approximate surface area is 151 Å². The van der Waals surface area contributed by atoms with Crippen LogP contribution in [0, 0.1) is 3.57 Å². The third-order valence-electron chi connectivity index (χ3n) is 2.68. The Morgan fingerprint density at radius 2 is 2.18 bits per heavy atom. The topological polar surface area (TPSA) is 47.9 Å². The molecule has 7 heteroatoms. The van der Waals surface area contributed by atoms with Gasteiger partial charge in [0, 0.05) is 5.75 Å². The molecule has 1 aliphatic rings. The molecule has 0 saturated carbocycles. The molecular formula is C15H14INO3S2. The molecule has 1 aromatic carbocycles. The Bertz CT molecular complexity index is 671. The third kappa shape index (κ3) is 4.08. The number of nitrogens with zero attached hydrogens (tertiary/aromatic N) is 1. The molecule has 0 N–H and O–H groups in total. The first-order valence-electron chi connectivity index (χ1n) is 6.26. The van der Waals surface area contributed by atoms with Crippen LogP contribution in [0.1, 0.15) is 5.56 Å². The highest BCUT2D eigenvalue weighted by molar-refractivity contribution is 14.1. The first kappa shape index (κ1) is 17.4. The van der Waals surface area contributed by atoms with E-state index in [4.69, 9.17) is 9.47 Å². The fourth-order valence-electron chi connectivity index (χ4n) is 1.76. The number of aliphatic imine (C=N–C) groups is 1. The van der Waals surface area contributed by atoms with Crippen LogP contribution in [0.25, 0.3) is 6.08 Å². The summed E-state index contributed by atoms with van der Waals surface area (Å²) in [5.41, 5.74) is 1.30. The van der Waals surface area contributed by atoms with E-state index in [1.54, 1.807) is 26.4 Å². The van der Waals surface area contributed by atoms with Gasteiger partial charge in [-0.15, -0.1) is 6.58 Å². The fraction of sp³-hybridized carbons (Fsp3) is 0.200. The van der Waals surface area contributed by atoms with Crippen LogP contribution in [0.3, 0.4) is 0 Å². The molecule has 116 valence electrons. The van der Waals surface area contributed by atoms with E-state index < -0.39 is 0 Å². The molecule has 4 nitrogen and oxygen atoms in total. The maximum Gasteiger partial charge on any atom is 0.244 e. The van der Waals surface area contributed by atoms with Gasteiger partial charge in [0.05, 0.1) is 17.8 Å². The third-order valence-corrected chi connectivity index (χ3v) is 5.49. The zero-order valence-electron chi connectivity index (χ0n) is 12.1. The molecule has 0 amide bonds. The van der Waals surface area contributed by atoms with Gasteiger partial charge < -0.3 is 9.47 Å². The number of methoxy groups -OCH3 is 2. The number of rotatable bonds is 5. The molecule has 0 aromatic heterocycles. The standard InChI is InChI=1S/C15H14INO3S2/c1-4-5-21-15-17-11(14(18)22-15)7-9-6-10(16)13(20-3)12(8-9)19-2/h4,6-8H,1,5H2,2-3H3. The van der Waals surface area contributed by atoms with Gasteiger partial charge in [-0.2, -0.15) is 0 Å². The van der Waals surface area contributed by atoms with Crippen molar-refractivity contribution < 1.29 is 14.3 Å². The Hall–Kier alpha value is -0.930. The number of benzene rings is 1. The molecule has 0 unspecified atom stereocenters. The summed E-state index contributed by atoms with van der Waals surface area (Å²) >= 11 is 4.83. The summed E-state index contributed by atoms with van der Waals surface area (Å²) in [6.45, 7) is 3.66. The predicted octanol–water partition coefficient (Wildman–Crippen LogP) is 4.20. The molecule has 1 aliphatic heterocycles. The lowest BCUT2D eigenvalue weighted by Gasteiger charge is -2.10. The van der Waals surface area contributed by atoms with Gasteiger partial charge in [0.15, 0.2) is 11.5 Å². The van der Waals surface area contributed by atoms with E-state index in [9.17, 15) is 4.79 Å². The van der Waals surface area contributed by atoms with Crippen LogP contribution in [0.5, 0.6) is 11.5 Å². The molecular weight excluding hydrogens is 433 g/mol. The lowest BCUT2D eigenvalue weighted by molar-refractivity contribution is -0.107. The normalized spacial score (nSPS) is 15.9. The molecule has 0 saturated heterocycles. The number of ether oxygens (including phenoxy) is 2. The molecule has 1 heterocycles. The minimum Gasteiger partial charge on any atom is -0.493 e. The summed E-state index contributed by atoms with van der Waals surface area (Å²) in [4.78, 5) is 16.4. The van der Waals surface area contributed by atoms with E-state index in [1.165, 1.54) is 11.8 Å². The van der Waals surface area contributed by atoms with Crippen LogP contribution in [0.4, 0.5) is 0 Å². The van der Waals surface area contributed by atoms with E-state index in [-0.39, 0.29) is 5.12 Å². The first-order valence-corrected chi connectivity index (χ1v) is 9.15. The van der Waals surface area contributed by atoms with Gasteiger partial charge in [-0.25, -0.2) is 4.99 Å². The van der Waals surface area contributed by atoms with Crippen LogP contribution in [-0.4, -0.2) is 29.5 Å². The quantitative estimate of drug-likeness (QED) is 0.385. The number of carbonyl (C=O) groups excluding carboxylic acids is 1. The highest BCUT2D eigenvalue weighted by Gasteiger charge is 2.22. The SMILES string of the molecule is C=CCSC1=NC(=Cc2cc(I)c(OC)c(OC)c2)C(=O)S1. The molecule has 0 atom stereocenters. The summed E-state index contributed by atoms with van der Waals surface area (Å²) < 4.78 is 12.3. The minimum absolute atomic E-state index is 0.0450. The Kier molecular flexibility index (Phi) is 6.39. The van der Waals surface area contributed by atoms with Gasteiger partial charge in [0.1, 0.15) is 10.1 Å². The van der Waals surface area contributed by atoms with E-state index >= 15 is 0 Å². The van der Waals surface area contributed by atoms with Crippen molar-refractivity contribution in [3.05, 3.63) is 39.6 Å². The molecule has 22 heavy (non-hydrogen) atoms. The molecule has 0 fully saturated rings. The predicted molar refractivity (Wildman–Crippen MR) is 103 cm³/mol. The lowest BCUT2D eigenvalue weighted by atomic mass is 10.1. The van der Waals surface area contributed by atoms with Crippen molar-refractivity contribution in [3.63, 3.8) is 0 Å². The lowest BCUT2D eigenvalue weighted by Crippen LogP contribution is -1.95. The minimum atomic E-state index is -0.0450. The second kappa shape index (κ2) is 8.07. The second-order valence-electron chi connectivity index (χ2n) is 4.13. The van der Waals surface area contributed by atoms with Crippen molar-refractivity contribution in [2.75, 3.05) is 20.0 Å². The van der Waals surface area contributed by atoms with Crippen molar-refractivity contribution in [2.24, 2.45) is 4.99 Å². The van der Waals surface area contributed by atoms with Gasteiger partial charge in [0.25, 0.3) is 0 Å². The van der Waals surface area contributed by atoms with Gasteiger partial charge >= 0.3 is 0 Å². The van der Waals surface area contributed by atoms with Crippen LogP contribution in [-0.2, 0) is 4.79 Å². The van der Waals surface area contributed by atoms with Crippen molar-refractivity contribution in [2.45, 2.75) is 0 Å². The number of carbonyl (C=O) groups is 1. The number of hydrogen-bond acceptors (Lipinski definition) is 6. The Morgan fingerprint density at radius 1 is 1.41 bits per heavy atom. The Morgan fingerprint density at radius 3 is 2.82 bits per heavy atom. The zero-order valence-corrected chi connectivity index (χ0v) is 15.9. The Balaban J connectivity index is 2.32. The number of hydrogen-bond donors (Lipinski definition) is 0. The molecule has 0 spiro atoms. The molecule has 0 bridgehead atoms. The van der Waals surface area contributed by atoms with Crippen LogP contribution < -0.4 is 9.47 Å².